The second kappa shape index (κ2) is 4.10. The number of likely N-dealkylation sites (N-methyl/N-ethyl adjacent to an activating group) is 1. The maximum atomic E-state index is 11.6. The summed E-state index contributed by atoms with van der Waals surface area (Å²) in [5.74, 6) is -0.384. The molecule has 0 aliphatic carbocycles. The Balaban J connectivity index is 2.29. The number of hydrogen-bond donors (Lipinski definition) is 0. The van der Waals surface area contributed by atoms with Crippen LogP contribution in [-0.2, 0) is 9.59 Å². The number of hydrogen-bond acceptors (Lipinski definition) is 2. The van der Waals surface area contributed by atoms with Gasteiger partial charge in [-0.3, -0.25) is 14.5 Å². The molecule has 0 spiro atoms. The molecule has 2 rings (SSSR count). The monoisotopic (exact) mass is 235 g/mol. The van der Waals surface area contributed by atoms with E-state index in [1.807, 2.05) is 12.1 Å². The maximum Gasteiger partial charge on any atom is 0.256 e. The molecule has 0 N–H and O–H groups in total. The van der Waals surface area contributed by atoms with Crippen molar-refractivity contribution in [1.82, 2.24) is 4.90 Å². The van der Waals surface area contributed by atoms with Gasteiger partial charge in [0.25, 0.3) is 5.91 Å². The third kappa shape index (κ3) is 1.99. The molecule has 0 saturated carbocycles. The van der Waals surface area contributed by atoms with Gasteiger partial charge in [-0.05, 0) is 23.8 Å². The van der Waals surface area contributed by atoms with Gasteiger partial charge in [0.1, 0.15) is 0 Å². The maximum absolute atomic E-state index is 11.6. The molecule has 0 atom stereocenters. The standard InChI is InChI=1S/C12H10ClNO2/c1-14-11(15)7-9(12(14)16)6-8-2-4-10(13)5-3-8/h2-6H,7H2,1H3/b9-6+. The Labute approximate surface area is 98.3 Å². The van der Waals surface area contributed by atoms with Crippen molar-refractivity contribution in [3.63, 3.8) is 0 Å². The van der Waals surface area contributed by atoms with Crippen LogP contribution in [-0.4, -0.2) is 23.8 Å². The van der Waals surface area contributed by atoms with E-state index in [9.17, 15) is 9.59 Å². The van der Waals surface area contributed by atoms with Crippen LogP contribution in [0.15, 0.2) is 29.8 Å². The van der Waals surface area contributed by atoms with Crippen molar-refractivity contribution in [2.24, 2.45) is 0 Å². The average molecular weight is 236 g/mol. The van der Waals surface area contributed by atoms with E-state index in [2.05, 4.69) is 0 Å². The second-order valence-electron chi connectivity index (χ2n) is 3.66. The number of benzene rings is 1. The first-order valence-corrected chi connectivity index (χ1v) is 5.23. The SMILES string of the molecule is CN1C(=O)C/C(=C\c2ccc(Cl)cc2)C1=O. The Morgan fingerprint density at radius 2 is 1.88 bits per heavy atom. The summed E-state index contributed by atoms with van der Waals surface area (Å²) in [6.45, 7) is 0. The van der Waals surface area contributed by atoms with Crippen LogP contribution in [0.3, 0.4) is 0 Å². The smallest absolute Gasteiger partial charge is 0.256 e. The van der Waals surface area contributed by atoms with Gasteiger partial charge < -0.3 is 0 Å². The normalized spacial score (nSPS) is 18.6. The molecule has 1 aliphatic rings. The van der Waals surface area contributed by atoms with E-state index in [0.29, 0.717) is 10.6 Å². The molecule has 0 unspecified atom stereocenters. The van der Waals surface area contributed by atoms with Crippen molar-refractivity contribution in [2.75, 3.05) is 7.05 Å². The van der Waals surface area contributed by atoms with E-state index in [4.69, 9.17) is 11.6 Å². The van der Waals surface area contributed by atoms with Gasteiger partial charge in [-0.2, -0.15) is 0 Å². The third-order valence-electron chi connectivity index (χ3n) is 2.51. The molecule has 0 bridgehead atoms. The topological polar surface area (TPSA) is 37.4 Å². The van der Waals surface area contributed by atoms with Crippen LogP contribution in [0.1, 0.15) is 12.0 Å². The van der Waals surface area contributed by atoms with Crippen molar-refractivity contribution in [2.45, 2.75) is 6.42 Å². The Morgan fingerprint density at radius 3 is 2.38 bits per heavy atom. The fraction of sp³-hybridized carbons (Fsp3) is 0.167. The average Bonchev–Trinajstić information content (AvgIpc) is 2.50. The number of carbonyl (C=O) groups excluding carboxylic acids is 2. The molecule has 1 fully saturated rings. The van der Waals surface area contributed by atoms with Gasteiger partial charge in [-0.1, -0.05) is 23.7 Å². The summed E-state index contributed by atoms with van der Waals surface area (Å²) in [5.41, 5.74) is 1.39. The minimum Gasteiger partial charge on any atom is -0.282 e. The minimum atomic E-state index is -0.222. The van der Waals surface area contributed by atoms with Gasteiger partial charge in [-0.15, -0.1) is 0 Å². The second-order valence-corrected chi connectivity index (χ2v) is 4.09. The highest BCUT2D eigenvalue weighted by molar-refractivity contribution is 6.30. The molecule has 0 radical (unpaired) electrons. The Hall–Kier alpha value is -1.61. The largest absolute Gasteiger partial charge is 0.282 e. The predicted octanol–water partition coefficient (Wildman–Crippen LogP) is 2.11. The van der Waals surface area contributed by atoms with Crippen LogP contribution in [0.25, 0.3) is 6.08 Å². The van der Waals surface area contributed by atoms with Gasteiger partial charge >= 0.3 is 0 Å². The number of nitrogens with zero attached hydrogens (tertiary/aromatic N) is 1. The molecule has 1 heterocycles. The van der Waals surface area contributed by atoms with Crippen LogP contribution < -0.4 is 0 Å². The number of carbonyl (C=O) groups is 2. The van der Waals surface area contributed by atoms with E-state index < -0.39 is 0 Å². The molecule has 1 aromatic rings. The number of likely N-dealkylation sites (tertiary alicyclic amines) is 1. The van der Waals surface area contributed by atoms with E-state index in [1.165, 1.54) is 7.05 Å². The van der Waals surface area contributed by atoms with E-state index in [0.717, 1.165) is 10.5 Å². The first-order chi connectivity index (χ1) is 7.58. The number of imide groups is 1. The summed E-state index contributed by atoms with van der Waals surface area (Å²) >= 11 is 5.75. The summed E-state index contributed by atoms with van der Waals surface area (Å²) in [4.78, 5) is 24.0. The van der Waals surface area contributed by atoms with Crippen LogP contribution >= 0.6 is 11.6 Å². The first kappa shape index (κ1) is 10.9. The van der Waals surface area contributed by atoms with Crippen molar-refractivity contribution >= 4 is 29.5 Å². The van der Waals surface area contributed by atoms with E-state index >= 15 is 0 Å². The molecule has 82 valence electrons. The van der Waals surface area contributed by atoms with Crippen molar-refractivity contribution in [3.05, 3.63) is 40.4 Å². The molecule has 4 heteroatoms. The third-order valence-corrected chi connectivity index (χ3v) is 2.76. The van der Waals surface area contributed by atoms with Gasteiger partial charge in [-0.25, -0.2) is 0 Å². The Morgan fingerprint density at radius 1 is 1.25 bits per heavy atom. The van der Waals surface area contributed by atoms with Crippen LogP contribution in [0.2, 0.25) is 5.02 Å². The minimum absolute atomic E-state index is 0.162. The molecule has 3 nitrogen and oxygen atoms in total. The lowest BCUT2D eigenvalue weighted by atomic mass is 10.1. The molecule has 16 heavy (non-hydrogen) atoms. The van der Waals surface area contributed by atoms with Crippen LogP contribution in [0.4, 0.5) is 0 Å². The molecule has 1 saturated heterocycles. The summed E-state index contributed by atoms with van der Waals surface area (Å²) in [6.07, 6.45) is 1.90. The van der Waals surface area contributed by atoms with Gasteiger partial charge in [0.15, 0.2) is 0 Å². The highest BCUT2D eigenvalue weighted by atomic mass is 35.5. The van der Waals surface area contributed by atoms with Crippen LogP contribution in [0, 0.1) is 0 Å². The van der Waals surface area contributed by atoms with Crippen LogP contribution in [0.5, 0.6) is 0 Å². The molecule has 2 amide bonds. The highest BCUT2D eigenvalue weighted by Gasteiger charge is 2.30. The molecular weight excluding hydrogens is 226 g/mol. The van der Waals surface area contributed by atoms with Gasteiger partial charge in [0.05, 0.1) is 6.42 Å². The van der Waals surface area contributed by atoms with Crippen molar-refractivity contribution in [1.29, 1.82) is 0 Å². The van der Waals surface area contributed by atoms with Gasteiger partial charge in [0.2, 0.25) is 5.91 Å². The zero-order valence-electron chi connectivity index (χ0n) is 8.74. The number of amides is 2. The number of halogens is 1. The van der Waals surface area contributed by atoms with Gasteiger partial charge in [0, 0.05) is 17.6 Å². The lowest BCUT2D eigenvalue weighted by molar-refractivity contribution is -0.135. The molecular formula is C12H10ClNO2. The lowest BCUT2D eigenvalue weighted by Gasteiger charge is -2.02. The quantitative estimate of drug-likeness (QED) is 0.552. The highest BCUT2D eigenvalue weighted by Crippen LogP contribution is 2.20. The zero-order valence-corrected chi connectivity index (χ0v) is 9.49. The zero-order chi connectivity index (χ0) is 11.7. The summed E-state index contributed by atoms with van der Waals surface area (Å²) in [6, 6.07) is 7.12. The summed E-state index contributed by atoms with van der Waals surface area (Å²) in [7, 11) is 1.49. The molecule has 1 aliphatic heterocycles. The lowest BCUT2D eigenvalue weighted by Crippen LogP contribution is -2.23. The fourth-order valence-electron chi connectivity index (χ4n) is 1.56. The number of rotatable bonds is 1. The fourth-order valence-corrected chi connectivity index (χ4v) is 1.68. The van der Waals surface area contributed by atoms with E-state index in [1.54, 1.807) is 18.2 Å². The van der Waals surface area contributed by atoms with Crippen molar-refractivity contribution < 1.29 is 9.59 Å². The molecule has 1 aromatic carbocycles. The first-order valence-electron chi connectivity index (χ1n) is 4.85. The van der Waals surface area contributed by atoms with Crippen molar-refractivity contribution in [3.8, 4) is 0 Å². The Bertz CT molecular complexity index is 476. The summed E-state index contributed by atoms with van der Waals surface area (Å²) in [5, 5.41) is 0.646. The summed E-state index contributed by atoms with van der Waals surface area (Å²) < 4.78 is 0. The van der Waals surface area contributed by atoms with E-state index in [-0.39, 0.29) is 18.2 Å². The predicted molar refractivity (Wildman–Crippen MR) is 61.8 cm³/mol. The Kier molecular flexibility index (Phi) is 2.79. The molecule has 0 aromatic heterocycles.